The molecule has 2 aromatic rings. The fraction of sp³-hybridized carbons (Fsp3) is 0.278. The molecule has 0 bridgehead atoms. The van der Waals surface area contributed by atoms with E-state index in [0.29, 0.717) is 12.0 Å². The first-order valence-corrected chi connectivity index (χ1v) is 7.36. The highest BCUT2D eigenvalue weighted by Gasteiger charge is 2.37. The van der Waals surface area contributed by atoms with Crippen molar-refractivity contribution in [1.29, 1.82) is 0 Å². The van der Waals surface area contributed by atoms with Crippen LogP contribution in [-0.2, 0) is 11.8 Å². The normalized spacial score (nSPS) is 14.0. The molecule has 0 radical (unpaired) electrons. The van der Waals surface area contributed by atoms with E-state index < -0.39 is 29.1 Å². The third-order valence-electron chi connectivity index (χ3n) is 3.93. The summed E-state index contributed by atoms with van der Waals surface area (Å²) >= 11 is 0. The first-order chi connectivity index (χ1) is 11.2. The molecule has 2 aromatic carbocycles. The summed E-state index contributed by atoms with van der Waals surface area (Å²) in [5.74, 6) is -1.80. The molecule has 1 atom stereocenters. The van der Waals surface area contributed by atoms with Crippen LogP contribution >= 0.6 is 0 Å². The number of hydrogen-bond donors (Lipinski definition) is 1. The number of carboxylic acids is 1. The van der Waals surface area contributed by atoms with Crippen LogP contribution in [0.25, 0.3) is 0 Å². The standard InChI is InChI=1S/C18H17F3O3/c1-3-17(2,13-7-5-4-6-8-13)24-15-11-12(16(22)23)9-10-14(15)18(19,20)21/h4-11H,3H2,1-2H3,(H,22,23). The van der Waals surface area contributed by atoms with E-state index in [1.807, 2.05) is 0 Å². The number of carboxylic acid groups (broad SMARTS) is 1. The number of halogens is 3. The summed E-state index contributed by atoms with van der Waals surface area (Å²) < 4.78 is 45.4. The number of ether oxygens (including phenoxy) is 1. The van der Waals surface area contributed by atoms with Gasteiger partial charge in [0.2, 0.25) is 0 Å². The molecule has 1 N–H and O–H groups in total. The molecule has 0 spiro atoms. The maximum absolute atomic E-state index is 13.2. The van der Waals surface area contributed by atoms with Crippen LogP contribution in [0.2, 0.25) is 0 Å². The van der Waals surface area contributed by atoms with E-state index in [-0.39, 0.29) is 5.56 Å². The van der Waals surface area contributed by atoms with E-state index in [1.54, 1.807) is 44.2 Å². The van der Waals surface area contributed by atoms with Crippen molar-refractivity contribution in [3.05, 3.63) is 65.2 Å². The minimum atomic E-state index is -4.64. The Morgan fingerprint density at radius 2 is 1.75 bits per heavy atom. The molecular formula is C18H17F3O3. The van der Waals surface area contributed by atoms with E-state index in [2.05, 4.69) is 0 Å². The molecule has 0 aromatic heterocycles. The predicted octanol–water partition coefficient (Wildman–Crippen LogP) is 5.11. The second-order valence-electron chi connectivity index (χ2n) is 5.57. The molecule has 0 aliphatic carbocycles. The van der Waals surface area contributed by atoms with Crippen LogP contribution < -0.4 is 4.74 Å². The van der Waals surface area contributed by atoms with Crippen molar-refractivity contribution in [2.24, 2.45) is 0 Å². The zero-order valence-electron chi connectivity index (χ0n) is 13.2. The highest BCUT2D eigenvalue weighted by atomic mass is 19.4. The van der Waals surface area contributed by atoms with Crippen molar-refractivity contribution in [2.45, 2.75) is 32.0 Å². The summed E-state index contributed by atoms with van der Waals surface area (Å²) in [7, 11) is 0. The average Bonchev–Trinajstić information content (AvgIpc) is 2.54. The van der Waals surface area contributed by atoms with Gasteiger partial charge in [0.05, 0.1) is 11.1 Å². The van der Waals surface area contributed by atoms with Gasteiger partial charge >= 0.3 is 12.1 Å². The Hall–Kier alpha value is -2.50. The summed E-state index contributed by atoms with van der Waals surface area (Å²) in [6.45, 7) is 3.47. The molecule has 0 fully saturated rings. The summed E-state index contributed by atoms with van der Waals surface area (Å²) in [6.07, 6.45) is -4.23. The molecule has 2 rings (SSSR count). The molecule has 1 unspecified atom stereocenters. The van der Waals surface area contributed by atoms with Crippen molar-refractivity contribution >= 4 is 5.97 Å². The number of rotatable bonds is 5. The highest BCUT2D eigenvalue weighted by molar-refractivity contribution is 5.88. The van der Waals surface area contributed by atoms with Gasteiger partial charge in [-0.3, -0.25) is 0 Å². The van der Waals surface area contributed by atoms with Gasteiger partial charge in [-0.15, -0.1) is 0 Å². The lowest BCUT2D eigenvalue weighted by molar-refractivity contribution is -0.140. The lowest BCUT2D eigenvalue weighted by atomic mass is 9.92. The van der Waals surface area contributed by atoms with E-state index in [0.717, 1.165) is 18.2 Å². The van der Waals surface area contributed by atoms with Crippen molar-refractivity contribution in [1.82, 2.24) is 0 Å². The van der Waals surface area contributed by atoms with Gasteiger partial charge < -0.3 is 9.84 Å². The maximum Gasteiger partial charge on any atom is 0.419 e. The molecule has 0 amide bonds. The average molecular weight is 338 g/mol. The molecule has 0 heterocycles. The van der Waals surface area contributed by atoms with Crippen LogP contribution in [0.3, 0.4) is 0 Å². The first-order valence-electron chi connectivity index (χ1n) is 7.36. The third kappa shape index (κ3) is 3.69. The smallest absolute Gasteiger partial charge is 0.419 e. The Balaban J connectivity index is 2.53. The summed E-state index contributed by atoms with van der Waals surface area (Å²) in [4.78, 5) is 11.1. The Morgan fingerprint density at radius 3 is 2.25 bits per heavy atom. The zero-order valence-corrected chi connectivity index (χ0v) is 13.2. The molecule has 0 saturated carbocycles. The van der Waals surface area contributed by atoms with Crippen LogP contribution in [-0.4, -0.2) is 11.1 Å². The molecule has 0 saturated heterocycles. The van der Waals surface area contributed by atoms with Crippen LogP contribution in [0.15, 0.2) is 48.5 Å². The Labute approximate surface area is 137 Å². The minimum absolute atomic E-state index is 0.260. The lowest BCUT2D eigenvalue weighted by Crippen LogP contribution is -2.29. The van der Waals surface area contributed by atoms with Crippen molar-refractivity contribution in [2.75, 3.05) is 0 Å². The quantitative estimate of drug-likeness (QED) is 0.824. The van der Waals surface area contributed by atoms with Crippen LogP contribution in [0.1, 0.15) is 41.8 Å². The molecule has 128 valence electrons. The molecule has 0 aliphatic heterocycles. The monoisotopic (exact) mass is 338 g/mol. The van der Waals surface area contributed by atoms with Gasteiger partial charge in [0.1, 0.15) is 11.4 Å². The van der Waals surface area contributed by atoms with E-state index >= 15 is 0 Å². The van der Waals surface area contributed by atoms with Crippen molar-refractivity contribution < 1.29 is 27.8 Å². The van der Waals surface area contributed by atoms with Crippen molar-refractivity contribution in [3.8, 4) is 5.75 Å². The lowest BCUT2D eigenvalue weighted by Gasteiger charge is -2.31. The summed E-state index contributed by atoms with van der Waals surface area (Å²) in [6, 6.07) is 11.4. The SMILES string of the molecule is CCC(C)(Oc1cc(C(=O)O)ccc1C(F)(F)F)c1ccccc1. The fourth-order valence-corrected chi connectivity index (χ4v) is 2.34. The van der Waals surface area contributed by atoms with Crippen LogP contribution in [0.4, 0.5) is 13.2 Å². The van der Waals surface area contributed by atoms with Gasteiger partial charge in [0.25, 0.3) is 0 Å². The summed E-state index contributed by atoms with van der Waals surface area (Å²) in [5, 5.41) is 9.04. The largest absolute Gasteiger partial charge is 0.482 e. The Kier molecular flexibility index (Phi) is 4.87. The van der Waals surface area contributed by atoms with Crippen LogP contribution in [0.5, 0.6) is 5.75 Å². The second kappa shape index (κ2) is 6.55. The molecule has 3 nitrogen and oxygen atoms in total. The van der Waals surface area contributed by atoms with Gasteiger partial charge in [-0.05, 0) is 37.1 Å². The number of carbonyl (C=O) groups is 1. The molecule has 24 heavy (non-hydrogen) atoms. The van der Waals surface area contributed by atoms with Gasteiger partial charge in [-0.1, -0.05) is 37.3 Å². The first kappa shape index (κ1) is 17.8. The fourth-order valence-electron chi connectivity index (χ4n) is 2.34. The highest BCUT2D eigenvalue weighted by Crippen LogP contribution is 2.40. The molecule has 6 heteroatoms. The van der Waals surface area contributed by atoms with Crippen LogP contribution in [0, 0.1) is 0 Å². The van der Waals surface area contributed by atoms with Gasteiger partial charge in [-0.2, -0.15) is 13.2 Å². The third-order valence-corrected chi connectivity index (χ3v) is 3.93. The molecule has 0 aliphatic rings. The minimum Gasteiger partial charge on any atom is -0.482 e. The van der Waals surface area contributed by atoms with Crippen molar-refractivity contribution in [3.63, 3.8) is 0 Å². The molecular weight excluding hydrogens is 321 g/mol. The van der Waals surface area contributed by atoms with E-state index in [4.69, 9.17) is 9.84 Å². The number of alkyl halides is 3. The van der Waals surface area contributed by atoms with E-state index in [9.17, 15) is 18.0 Å². The number of benzene rings is 2. The maximum atomic E-state index is 13.2. The van der Waals surface area contributed by atoms with Gasteiger partial charge in [0, 0.05) is 0 Å². The Bertz CT molecular complexity index is 726. The van der Waals surface area contributed by atoms with Gasteiger partial charge in [-0.25, -0.2) is 4.79 Å². The predicted molar refractivity (Wildman–Crippen MR) is 83.1 cm³/mol. The number of aromatic carboxylic acids is 1. The van der Waals surface area contributed by atoms with E-state index in [1.165, 1.54) is 0 Å². The zero-order chi connectivity index (χ0) is 18.0. The topological polar surface area (TPSA) is 46.5 Å². The Morgan fingerprint density at radius 1 is 1.12 bits per heavy atom. The number of hydrogen-bond acceptors (Lipinski definition) is 2. The summed E-state index contributed by atoms with van der Waals surface area (Å²) in [5.41, 5.74) is -1.56. The second-order valence-corrected chi connectivity index (χ2v) is 5.57. The van der Waals surface area contributed by atoms with Gasteiger partial charge in [0.15, 0.2) is 0 Å².